The zero-order valence-electron chi connectivity index (χ0n) is 14.7. The third kappa shape index (κ3) is 4.84. The molecule has 0 aromatic heterocycles. The van der Waals surface area contributed by atoms with Crippen molar-refractivity contribution in [2.75, 3.05) is 32.8 Å². The van der Waals surface area contributed by atoms with Gasteiger partial charge in [0, 0.05) is 19.2 Å². The molecule has 1 aromatic rings. The van der Waals surface area contributed by atoms with Crippen LogP contribution in [0.1, 0.15) is 33.6 Å². The van der Waals surface area contributed by atoms with Crippen LogP contribution < -0.4 is 19.5 Å². The van der Waals surface area contributed by atoms with E-state index in [1.807, 2.05) is 13.8 Å². The topological polar surface area (TPSA) is 76.7 Å². The number of benzene rings is 1. The molecule has 0 aliphatic carbocycles. The molecule has 0 amide bonds. The van der Waals surface area contributed by atoms with E-state index in [-0.39, 0.29) is 10.3 Å². The second-order valence-corrected chi connectivity index (χ2v) is 8.16. The molecule has 1 fully saturated rings. The van der Waals surface area contributed by atoms with Crippen molar-refractivity contribution < 1.29 is 17.9 Å². The highest BCUT2D eigenvalue weighted by Crippen LogP contribution is 2.31. The molecule has 0 radical (unpaired) electrons. The highest BCUT2D eigenvalue weighted by Gasteiger charge is 2.29. The molecule has 1 saturated heterocycles. The van der Waals surface area contributed by atoms with Crippen molar-refractivity contribution in [3.63, 3.8) is 0 Å². The molecule has 1 aliphatic rings. The lowest BCUT2D eigenvalue weighted by Crippen LogP contribution is -2.45. The molecule has 2 N–H and O–H groups in total. The number of ether oxygens (including phenoxy) is 2. The predicted octanol–water partition coefficient (Wildman–Crippen LogP) is 2.15. The Bertz CT molecular complexity index is 640. The number of hydrogen-bond acceptors (Lipinski definition) is 5. The lowest BCUT2D eigenvalue weighted by molar-refractivity contribution is 0.238. The summed E-state index contributed by atoms with van der Waals surface area (Å²) in [5.74, 6) is 1.01. The molecule has 2 rings (SSSR count). The summed E-state index contributed by atoms with van der Waals surface area (Å²) >= 11 is 0. The second-order valence-electron chi connectivity index (χ2n) is 6.39. The molecule has 0 saturated carbocycles. The Morgan fingerprint density at radius 2 is 1.92 bits per heavy atom. The van der Waals surface area contributed by atoms with Crippen LogP contribution in [0.25, 0.3) is 0 Å². The molecule has 136 valence electrons. The molecule has 6 nitrogen and oxygen atoms in total. The third-order valence-corrected chi connectivity index (χ3v) is 5.60. The highest BCUT2D eigenvalue weighted by atomic mass is 32.2. The monoisotopic (exact) mass is 356 g/mol. The normalized spacial score (nSPS) is 21.5. The van der Waals surface area contributed by atoms with Gasteiger partial charge in [-0.3, -0.25) is 0 Å². The molecule has 1 unspecified atom stereocenters. The van der Waals surface area contributed by atoms with Gasteiger partial charge in [0.15, 0.2) is 11.5 Å². The van der Waals surface area contributed by atoms with Gasteiger partial charge in [-0.2, -0.15) is 0 Å². The first-order valence-electron chi connectivity index (χ1n) is 8.50. The van der Waals surface area contributed by atoms with Gasteiger partial charge >= 0.3 is 0 Å². The van der Waals surface area contributed by atoms with Crippen molar-refractivity contribution in [3.05, 3.63) is 18.2 Å². The summed E-state index contributed by atoms with van der Waals surface area (Å²) in [5.41, 5.74) is -0.0562. The van der Waals surface area contributed by atoms with Crippen molar-refractivity contribution in [2.24, 2.45) is 5.41 Å². The van der Waals surface area contributed by atoms with Crippen LogP contribution in [-0.4, -0.2) is 41.3 Å². The van der Waals surface area contributed by atoms with Gasteiger partial charge < -0.3 is 14.8 Å². The van der Waals surface area contributed by atoms with E-state index in [0.717, 1.165) is 25.9 Å². The number of sulfonamides is 1. The van der Waals surface area contributed by atoms with E-state index in [9.17, 15) is 8.42 Å². The fourth-order valence-corrected chi connectivity index (χ4v) is 4.04. The van der Waals surface area contributed by atoms with Crippen molar-refractivity contribution in [1.29, 1.82) is 0 Å². The first-order chi connectivity index (χ1) is 11.4. The smallest absolute Gasteiger partial charge is 0.240 e. The van der Waals surface area contributed by atoms with Gasteiger partial charge in [0.25, 0.3) is 0 Å². The van der Waals surface area contributed by atoms with Crippen LogP contribution in [0.15, 0.2) is 23.1 Å². The Kier molecular flexibility index (Phi) is 6.48. The Morgan fingerprint density at radius 3 is 2.54 bits per heavy atom. The maximum absolute atomic E-state index is 12.6. The molecule has 1 atom stereocenters. The van der Waals surface area contributed by atoms with Gasteiger partial charge in [-0.15, -0.1) is 0 Å². The van der Waals surface area contributed by atoms with Gasteiger partial charge in [-0.1, -0.05) is 6.92 Å². The summed E-state index contributed by atoms with van der Waals surface area (Å²) in [5, 5.41) is 3.33. The summed E-state index contributed by atoms with van der Waals surface area (Å²) < 4.78 is 39.0. The zero-order valence-corrected chi connectivity index (χ0v) is 15.5. The van der Waals surface area contributed by atoms with Crippen molar-refractivity contribution >= 4 is 10.0 Å². The summed E-state index contributed by atoms with van der Waals surface area (Å²) in [6.07, 6.45) is 2.08. The Labute approximate surface area is 145 Å². The van der Waals surface area contributed by atoms with Gasteiger partial charge in [0.05, 0.1) is 18.1 Å². The zero-order chi connectivity index (χ0) is 17.6. The van der Waals surface area contributed by atoms with Crippen LogP contribution >= 0.6 is 0 Å². The van der Waals surface area contributed by atoms with Crippen LogP contribution in [0.4, 0.5) is 0 Å². The number of hydrogen-bond donors (Lipinski definition) is 2. The molecule has 24 heavy (non-hydrogen) atoms. The largest absolute Gasteiger partial charge is 0.490 e. The summed E-state index contributed by atoms with van der Waals surface area (Å²) in [6.45, 7) is 9.01. The Balaban J connectivity index is 2.14. The van der Waals surface area contributed by atoms with Crippen molar-refractivity contribution in [1.82, 2.24) is 10.0 Å². The average molecular weight is 356 g/mol. The van der Waals surface area contributed by atoms with Gasteiger partial charge in [0.2, 0.25) is 10.0 Å². The van der Waals surface area contributed by atoms with Crippen LogP contribution in [0.5, 0.6) is 11.5 Å². The fraction of sp³-hybridized carbons (Fsp3) is 0.647. The molecule has 0 bridgehead atoms. The van der Waals surface area contributed by atoms with Crippen molar-refractivity contribution in [3.8, 4) is 11.5 Å². The summed E-state index contributed by atoms with van der Waals surface area (Å²) in [7, 11) is -3.58. The van der Waals surface area contributed by atoms with E-state index in [1.165, 1.54) is 6.07 Å². The first kappa shape index (κ1) is 19.0. The number of piperidine rings is 1. The van der Waals surface area contributed by atoms with E-state index in [1.54, 1.807) is 12.1 Å². The predicted molar refractivity (Wildman–Crippen MR) is 94.2 cm³/mol. The quantitative estimate of drug-likeness (QED) is 0.746. The lowest BCUT2D eigenvalue weighted by Gasteiger charge is -2.34. The highest BCUT2D eigenvalue weighted by molar-refractivity contribution is 7.89. The van der Waals surface area contributed by atoms with Crippen LogP contribution in [-0.2, 0) is 10.0 Å². The Morgan fingerprint density at radius 1 is 1.21 bits per heavy atom. The molecule has 1 aliphatic heterocycles. The minimum atomic E-state index is -3.58. The van der Waals surface area contributed by atoms with Gasteiger partial charge in [0.1, 0.15) is 0 Å². The maximum atomic E-state index is 12.6. The minimum absolute atomic E-state index is 0.0562. The van der Waals surface area contributed by atoms with E-state index in [0.29, 0.717) is 31.3 Å². The SMILES string of the molecule is CCOc1ccc(S(=O)(=O)NCC2(C)CCCNC2)cc1OCC. The van der Waals surface area contributed by atoms with E-state index >= 15 is 0 Å². The number of rotatable bonds is 8. The lowest BCUT2D eigenvalue weighted by atomic mass is 9.83. The molecule has 1 heterocycles. The number of nitrogens with one attached hydrogen (secondary N) is 2. The van der Waals surface area contributed by atoms with Crippen LogP contribution in [0, 0.1) is 5.41 Å². The Hall–Kier alpha value is -1.31. The minimum Gasteiger partial charge on any atom is -0.490 e. The van der Waals surface area contributed by atoms with E-state index in [2.05, 4.69) is 17.0 Å². The van der Waals surface area contributed by atoms with Crippen LogP contribution in [0.3, 0.4) is 0 Å². The standard InChI is InChI=1S/C17H28N2O4S/c1-4-22-15-8-7-14(11-16(15)23-5-2)24(20,21)19-13-17(3)9-6-10-18-12-17/h7-8,11,18-19H,4-6,9-10,12-13H2,1-3H3. The maximum Gasteiger partial charge on any atom is 0.240 e. The molecular weight excluding hydrogens is 328 g/mol. The molecule has 0 spiro atoms. The molecular formula is C17H28N2O4S. The molecule has 7 heteroatoms. The van der Waals surface area contributed by atoms with E-state index in [4.69, 9.17) is 9.47 Å². The first-order valence-corrected chi connectivity index (χ1v) is 9.98. The van der Waals surface area contributed by atoms with Crippen LogP contribution in [0.2, 0.25) is 0 Å². The third-order valence-electron chi connectivity index (χ3n) is 4.20. The van der Waals surface area contributed by atoms with Gasteiger partial charge in [-0.25, -0.2) is 13.1 Å². The summed E-state index contributed by atoms with van der Waals surface area (Å²) in [6, 6.07) is 4.72. The average Bonchev–Trinajstić information content (AvgIpc) is 2.56. The van der Waals surface area contributed by atoms with E-state index < -0.39 is 10.0 Å². The second kappa shape index (κ2) is 8.18. The van der Waals surface area contributed by atoms with Gasteiger partial charge in [-0.05, 0) is 50.8 Å². The summed E-state index contributed by atoms with van der Waals surface area (Å²) in [4.78, 5) is 0.196. The molecule has 1 aromatic carbocycles. The fourth-order valence-electron chi connectivity index (χ4n) is 2.82. The van der Waals surface area contributed by atoms with Crippen molar-refractivity contribution in [2.45, 2.75) is 38.5 Å².